The Hall–Kier alpha value is -1.38. The fourth-order valence-electron chi connectivity index (χ4n) is 3.07. The molecule has 1 aliphatic heterocycles. The van der Waals surface area contributed by atoms with Crippen LogP contribution in [0.1, 0.15) is 28.8 Å². The van der Waals surface area contributed by atoms with E-state index in [4.69, 9.17) is 5.73 Å². The molecule has 2 aromatic rings. The minimum Gasteiger partial charge on any atom is -0.375 e. The Bertz CT molecular complexity index is 711. The summed E-state index contributed by atoms with van der Waals surface area (Å²) in [5.41, 5.74) is 2.50. The monoisotopic (exact) mass is 395 g/mol. The van der Waals surface area contributed by atoms with E-state index in [0.29, 0.717) is 24.8 Å². The molecule has 1 aromatic heterocycles. The van der Waals surface area contributed by atoms with Gasteiger partial charge in [-0.15, -0.1) is 23.7 Å². The van der Waals surface area contributed by atoms with Gasteiger partial charge in [0.25, 0.3) is 0 Å². The van der Waals surface area contributed by atoms with Crippen LogP contribution in [-0.4, -0.2) is 23.0 Å². The number of benzene rings is 1. The van der Waals surface area contributed by atoms with E-state index >= 15 is 4.39 Å². The molecule has 1 aliphatic rings. The van der Waals surface area contributed by atoms with Crippen molar-refractivity contribution in [1.82, 2.24) is 9.88 Å². The second-order valence-corrected chi connectivity index (χ2v) is 7.10. The molecule has 0 spiro atoms. The lowest BCUT2D eigenvalue weighted by atomic mass is 9.83. The van der Waals surface area contributed by atoms with Gasteiger partial charge in [-0.3, -0.25) is 4.90 Å². The Morgan fingerprint density at radius 3 is 2.40 bits per heavy atom. The molecule has 3 nitrogen and oxygen atoms in total. The number of rotatable bonds is 3. The highest BCUT2D eigenvalue weighted by atomic mass is 35.5. The SMILES string of the molecule is Cl.Nc1ncc(CN2CCC(F)(c3ccccc3C(F)(F)F)CC2)s1. The molecule has 0 amide bonds. The van der Waals surface area contributed by atoms with E-state index < -0.39 is 17.4 Å². The van der Waals surface area contributed by atoms with Gasteiger partial charge >= 0.3 is 6.18 Å². The van der Waals surface area contributed by atoms with Crippen LogP contribution >= 0.6 is 23.7 Å². The molecule has 2 N–H and O–H groups in total. The van der Waals surface area contributed by atoms with Gasteiger partial charge in [-0.1, -0.05) is 18.2 Å². The zero-order valence-corrected chi connectivity index (χ0v) is 14.9. The number of nitrogens with two attached hydrogens (primary N) is 1. The lowest BCUT2D eigenvalue weighted by Gasteiger charge is -2.37. The van der Waals surface area contributed by atoms with Crippen molar-refractivity contribution in [3.05, 3.63) is 46.5 Å². The molecule has 0 bridgehead atoms. The summed E-state index contributed by atoms with van der Waals surface area (Å²) >= 11 is 1.37. The quantitative estimate of drug-likeness (QED) is 0.770. The van der Waals surface area contributed by atoms with Crippen LogP contribution < -0.4 is 5.73 Å². The van der Waals surface area contributed by atoms with Crippen LogP contribution in [0.4, 0.5) is 22.7 Å². The van der Waals surface area contributed by atoms with Crippen LogP contribution in [0.2, 0.25) is 0 Å². The molecular weight excluding hydrogens is 378 g/mol. The van der Waals surface area contributed by atoms with Crippen molar-refractivity contribution in [2.75, 3.05) is 18.8 Å². The van der Waals surface area contributed by atoms with E-state index in [2.05, 4.69) is 4.98 Å². The van der Waals surface area contributed by atoms with Crippen molar-refractivity contribution in [3.8, 4) is 0 Å². The number of hydrogen-bond acceptors (Lipinski definition) is 4. The molecule has 0 aliphatic carbocycles. The standard InChI is InChI=1S/C16H17F4N3S.ClH/c17-15(12-3-1-2-4-13(12)16(18,19)20)5-7-23(8-6-15)10-11-9-22-14(21)24-11;/h1-4,9H,5-8,10H2,(H2,21,22);1H. The summed E-state index contributed by atoms with van der Waals surface area (Å²) in [6, 6.07) is 4.95. The first-order chi connectivity index (χ1) is 11.3. The van der Waals surface area contributed by atoms with Crippen molar-refractivity contribution < 1.29 is 17.6 Å². The van der Waals surface area contributed by atoms with E-state index in [1.54, 1.807) is 6.20 Å². The van der Waals surface area contributed by atoms with Crippen molar-refractivity contribution in [2.24, 2.45) is 0 Å². The number of anilines is 1. The third-order valence-electron chi connectivity index (χ3n) is 4.31. The molecule has 1 aromatic carbocycles. The highest BCUT2D eigenvalue weighted by molar-refractivity contribution is 7.15. The summed E-state index contributed by atoms with van der Waals surface area (Å²) in [6.45, 7) is 1.37. The number of halogens is 5. The first-order valence-electron chi connectivity index (χ1n) is 7.56. The number of nitrogen functional groups attached to an aromatic ring is 1. The first kappa shape index (κ1) is 19.9. The van der Waals surface area contributed by atoms with Crippen molar-refractivity contribution in [2.45, 2.75) is 31.2 Å². The van der Waals surface area contributed by atoms with Crippen molar-refractivity contribution >= 4 is 28.9 Å². The lowest BCUT2D eigenvalue weighted by molar-refractivity contribution is -0.140. The van der Waals surface area contributed by atoms with Gasteiger partial charge in [-0.25, -0.2) is 9.37 Å². The second kappa shape index (κ2) is 7.47. The topological polar surface area (TPSA) is 42.1 Å². The molecule has 1 saturated heterocycles. The van der Waals surface area contributed by atoms with Gasteiger partial charge in [-0.05, 0) is 18.9 Å². The van der Waals surface area contributed by atoms with E-state index in [1.807, 2.05) is 4.90 Å². The first-order valence-corrected chi connectivity index (χ1v) is 8.38. The van der Waals surface area contributed by atoms with E-state index in [-0.39, 0.29) is 30.8 Å². The summed E-state index contributed by atoms with van der Waals surface area (Å²) < 4.78 is 54.7. The molecule has 138 valence electrons. The fourth-order valence-corrected chi connectivity index (χ4v) is 3.80. The minimum atomic E-state index is -4.55. The maximum atomic E-state index is 15.3. The van der Waals surface area contributed by atoms with Crippen LogP contribution in [0.25, 0.3) is 0 Å². The third kappa shape index (κ3) is 4.43. The van der Waals surface area contributed by atoms with Crippen LogP contribution in [0.5, 0.6) is 0 Å². The number of nitrogens with zero attached hydrogens (tertiary/aromatic N) is 2. The third-order valence-corrected chi connectivity index (χ3v) is 5.13. The highest BCUT2D eigenvalue weighted by Gasteiger charge is 2.43. The Morgan fingerprint density at radius 2 is 1.84 bits per heavy atom. The van der Waals surface area contributed by atoms with Gasteiger partial charge in [0.2, 0.25) is 0 Å². The maximum absolute atomic E-state index is 15.3. The fraction of sp³-hybridized carbons (Fsp3) is 0.438. The average Bonchev–Trinajstić information content (AvgIpc) is 2.94. The van der Waals surface area contributed by atoms with Crippen LogP contribution in [0.3, 0.4) is 0 Å². The molecule has 9 heteroatoms. The van der Waals surface area contributed by atoms with Gasteiger partial charge in [0.05, 0.1) is 5.56 Å². The van der Waals surface area contributed by atoms with Gasteiger partial charge in [0, 0.05) is 36.3 Å². The molecule has 3 rings (SSSR count). The Labute approximate surface area is 153 Å². The number of aromatic nitrogens is 1. The second-order valence-electron chi connectivity index (χ2n) is 5.95. The summed E-state index contributed by atoms with van der Waals surface area (Å²) in [5, 5.41) is 0.473. The van der Waals surface area contributed by atoms with Gasteiger partial charge in [-0.2, -0.15) is 13.2 Å². The number of piperidine rings is 1. The molecule has 1 fully saturated rings. The van der Waals surface area contributed by atoms with E-state index in [1.165, 1.54) is 29.5 Å². The summed E-state index contributed by atoms with van der Waals surface area (Å²) in [4.78, 5) is 6.95. The molecule has 2 heterocycles. The van der Waals surface area contributed by atoms with Crippen molar-refractivity contribution in [1.29, 1.82) is 0 Å². The zero-order chi connectivity index (χ0) is 17.4. The van der Waals surface area contributed by atoms with E-state index in [0.717, 1.165) is 10.9 Å². The van der Waals surface area contributed by atoms with Crippen LogP contribution in [-0.2, 0) is 18.4 Å². The minimum absolute atomic E-state index is 0. The molecule has 0 unspecified atom stereocenters. The lowest BCUT2D eigenvalue weighted by Crippen LogP contribution is -2.40. The normalized spacial score (nSPS) is 17.9. The number of thiazole rings is 1. The van der Waals surface area contributed by atoms with Gasteiger partial charge in [0.1, 0.15) is 5.67 Å². The number of likely N-dealkylation sites (tertiary alicyclic amines) is 1. The number of hydrogen-bond donors (Lipinski definition) is 1. The van der Waals surface area contributed by atoms with Crippen LogP contribution in [0.15, 0.2) is 30.5 Å². The Kier molecular flexibility index (Phi) is 5.96. The number of alkyl halides is 4. The molecule has 0 atom stereocenters. The zero-order valence-electron chi connectivity index (χ0n) is 13.2. The molecular formula is C16H18ClF4N3S. The predicted octanol–water partition coefficient (Wildman–Crippen LogP) is 4.63. The average molecular weight is 396 g/mol. The summed E-state index contributed by atoms with van der Waals surface area (Å²) in [6.07, 6.45) is -2.80. The molecule has 0 saturated carbocycles. The van der Waals surface area contributed by atoms with E-state index in [9.17, 15) is 13.2 Å². The van der Waals surface area contributed by atoms with Crippen molar-refractivity contribution in [3.63, 3.8) is 0 Å². The highest BCUT2D eigenvalue weighted by Crippen LogP contribution is 2.43. The predicted molar refractivity (Wildman–Crippen MR) is 92.5 cm³/mol. The Morgan fingerprint density at radius 1 is 1.20 bits per heavy atom. The molecule has 0 radical (unpaired) electrons. The van der Waals surface area contributed by atoms with Gasteiger partial charge < -0.3 is 5.73 Å². The maximum Gasteiger partial charge on any atom is 0.416 e. The Balaban J connectivity index is 0.00000225. The summed E-state index contributed by atoms with van der Waals surface area (Å²) in [7, 11) is 0. The molecule has 25 heavy (non-hydrogen) atoms. The smallest absolute Gasteiger partial charge is 0.375 e. The summed E-state index contributed by atoms with van der Waals surface area (Å²) in [5.74, 6) is 0. The van der Waals surface area contributed by atoms with Crippen LogP contribution in [0, 0.1) is 0 Å². The van der Waals surface area contributed by atoms with Gasteiger partial charge in [0.15, 0.2) is 5.13 Å². The largest absolute Gasteiger partial charge is 0.416 e.